The molecule has 1 fully saturated rings. The Hall–Kier alpha value is -0.120. The lowest BCUT2D eigenvalue weighted by molar-refractivity contribution is 0.00642. The summed E-state index contributed by atoms with van der Waals surface area (Å²) in [5.41, 5.74) is -0.603. The van der Waals surface area contributed by atoms with Crippen molar-refractivity contribution >= 4 is 0 Å². The minimum Gasteiger partial charge on any atom is -0.392 e. The van der Waals surface area contributed by atoms with E-state index >= 15 is 0 Å². The molecule has 0 aliphatic heterocycles. The number of aliphatic hydroxyl groups is 2. The predicted molar refractivity (Wildman–Crippen MR) is 70.9 cm³/mol. The van der Waals surface area contributed by atoms with E-state index in [1.54, 1.807) is 0 Å². The third-order valence-corrected chi connectivity index (χ3v) is 3.96. The molecule has 0 radical (unpaired) electrons. The maximum Gasteiger partial charge on any atom is 0.0718 e. The molecule has 0 spiro atoms. The van der Waals surface area contributed by atoms with Crippen LogP contribution in [-0.4, -0.2) is 46.5 Å². The number of nitrogens with zero attached hydrogens (tertiary/aromatic N) is 1. The smallest absolute Gasteiger partial charge is 0.0718 e. The highest BCUT2D eigenvalue weighted by molar-refractivity contribution is 4.92. The molecular formula is C14H29NO2. The molecule has 1 rings (SSSR count). The predicted octanol–water partition coefficient (Wildman–Crippen LogP) is 1.88. The Morgan fingerprint density at radius 3 is 2.29 bits per heavy atom. The summed E-state index contributed by atoms with van der Waals surface area (Å²) >= 11 is 0. The van der Waals surface area contributed by atoms with Crippen LogP contribution in [0.2, 0.25) is 0 Å². The van der Waals surface area contributed by atoms with Crippen LogP contribution in [0.1, 0.15) is 47.5 Å². The lowest BCUT2D eigenvalue weighted by atomic mass is 9.87. The van der Waals surface area contributed by atoms with Gasteiger partial charge in [0, 0.05) is 13.1 Å². The summed E-state index contributed by atoms with van der Waals surface area (Å²) in [4.78, 5) is 2.25. The zero-order valence-electron chi connectivity index (χ0n) is 12.0. The highest BCUT2D eigenvalue weighted by Crippen LogP contribution is 2.41. The molecule has 0 heterocycles. The SMILES string of the molecule is CCN(CC1CCC(C)(C)C1O)CC(C)(C)O. The fraction of sp³-hybridized carbons (Fsp3) is 1.00. The van der Waals surface area contributed by atoms with E-state index in [0.29, 0.717) is 12.5 Å². The lowest BCUT2D eigenvalue weighted by Crippen LogP contribution is -2.43. The highest BCUT2D eigenvalue weighted by Gasteiger charge is 2.41. The van der Waals surface area contributed by atoms with Crippen molar-refractivity contribution in [2.24, 2.45) is 11.3 Å². The number of likely N-dealkylation sites (N-methyl/N-ethyl adjacent to an activating group) is 1. The first kappa shape index (κ1) is 14.9. The number of hydrogen-bond acceptors (Lipinski definition) is 3. The van der Waals surface area contributed by atoms with Crippen LogP contribution in [0.3, 0.4) is 0 Å². The Bertz CT molecular complexity index is 245. The average molecular weight is 243 g/mol. The Morgan fingerprint density at radius 1 is 1.35 bits per heavy atom. The van der Waals surface area contributed by atoms with E-state index in [4.69, 9.17) is 0 Å². The second-order valence-electron chi connectivity index (χ2n) is 6.87. The molecule has 2 atom stereocenters. The zero-order chi connectivity index (χ0) is 13.3. The van der Waals surface area contributed by atoms with Gasteiger partial charge in [-0.3, -0.25) is 0 Å². The molecule has 0 aromatic rings. The first-order chi connectivity index (χ1) is 7.65. The first-order valence-electron chi connectivity index (χ1n) is 6.78. The summed E-state index contributed by atoms with van der Waals surface area (Å²) < 4.78 is 0. The van der Waals surface area contributed by atoms with Crippen molar-refractivity contribution in [2.75, 3.05) is 19.6 Å². The van der Waals surface area contributed by atoms with Gasteiger partial charge >= 0.3 is 0 Å². The summed E-state index contributed by atoms with van der Waals surface area (Å²) in [6.07, 6.45) is 1.98. The lowest BCUT2D eigenvalue weighted by Gasteiger charge is -2.32. The van der Waals surface area contributed by atoms with E-state index in [1.807, 2.05) is 13.8 Å². The Labute approximate surface area is 106 Å². The molecule has 0 aromatic carbocycles. The maximum atomic E-state index is 10.3. The van der Waals surface area contributed by atoms with Gasteiger partial charge in [-0.2, -0.15) is 0 Å². The quantitative estimate of drug-likeness (QED) is 0.775. The first-order valence-corrected chi connectivity index (χ1v) is 6.78. The topological polar surface area (TPSA) is 43.7 Å². The monoisotopic (exact) mass is 243 g/mol. The van der Waals surface area contributed by atoms with Crippen LogP contribution < -0.4 is 0 Å². The van der Waals surface area contributed by atoms with Crippen molar-refractivity contribution in [1.29, 1.82) is 0 Å². The second-order valence-corrected chi connectivity index (χ2v) is 6.87. The van der Waals surface area contributed by atoms with Crippen molar-refractivity contribution in [3.8, 4) is 0 Å². The third-order valence-electron chi connectivity index (χ3n) is 3.96. The van der Waals surface area contributed by atoms with E-state index in [9.17, 15) is 10.2 Å². The molecular weight excluding hydrogens is 214 g/mol. The summed E-state index contributed by atoms with van der Waals surface area (Å²) in [7, 11) is 0. The fourth-order valence-electron chi connectivity index (χ4n) is 2.88. The van der Waals surface area contributed by atoms with Crippen molar-refractivity contribution in [3.63, 3.8) is 0 Å². The van der Waals surface area contributed by atoms with E-state index < -0.39 is 5.60 Å². The van der Waals surface area contributed by atoms with Gasteiger partial charge in [0.05, 0.1) is 11.7 Å². The zero-order valence-corrected chi connectivity index (χ0v) is 12.0. The summed E-state index contributed by atoms with van der Waals surface area (Å²) in [6.45, 7) is 12.6. The summed E-state index contributed by atoms with van der Waals surface area (Å²) in [6, 6.07) is 0. The molecule has 0 aromatic heterocycles. The van der Waals surface area contributed by atoms with E-state index in [-0.39, 0.29) is 11.5 Å². The van der Waals surface area contributed by atoms with Crippen LogP contribution in [0.25, 0.3) is 0 Å². The molecule has 0 amide bonds. The molecule has 1 saturated carbocycles. The van der Waals surface area contributed by atoms with Crippen molar-refractivity contribution in [3.05, 3.63) is 0 Å². The Balaban J connectivity index is 2.53. The van der Waals surface area contributed by atoms with Crippen LogP contribution in [0.5, 0.6) is 0 Å². The maximum absolute atomic E-state index is 10.3. The molecule has 0 bridgehead atoms. The second kappa shape index (κ2) is 5.25. The standard InChI is InChI=1S/C14H29NO2/c1-6-15(10-14(4,5)17)9-11-7-8-13(2,3)12(11)16/h11-12,16-17H,6-10H2,1-5H3. The Kier molecular flexibility index (Phi) is 4.61. The molecule has 2 unspecified atom stereocenters. The van der Waals surface area contributed by atoms with E-state index in [0.717, 1.165) is 25.9 Å². The molecule has 1 aliphatic carbocycles. The van der Waals surface area contributed by atoms with Crippen molar-refractivity contribution < 1.29 is 10.2 Å². The van der Waals surface area contributed by atoms with Gasteiger partial charge in [-0.15, -0.1) is 0 Å². The van der Waals surface area contributed by atoms with E-state index in [2.05, 4.69) is 25.7 Å². The summed E-state index contributed by atoms with van der Waals surface area (Å²) in [5, 5.41) is 20.1. The van der Waals surface area contributed by atoms with Gasteiger partial charge in [-0.05, 0) is 44.6 Å². The summed E-state index contributed by atoms with van der Waals surface area (Å²) in [5.74, 6) is 0.354. The van der Waals surface area contributed by atoms with Crippen LogP contribution in [0.4, 0.5) is 0 Å². The minimum atomic E-state index is -0.658. The Morgan fingerprint density at radius 2 is 1.94 bits per heavy atom. The largest absolute Gasteiger partial charge is 0.392 e. The molecule has 17 heavy (non-hydrogen) atoms. The average Bonchev–Trinajstić information content (AvgIpc) is 2.42. The fourth-order valence-corrected chi connectivity index (χ4v) is 2.88. The van der Waals surface area contributed by atoms with Crippen LogP contribution >= 0.6 is 0 Å². The molecule has 1 aliphatic rings. The molecule has 102 valence electrons. The van der Waals surface area contributed by atoms with Crippen LogP contribution in [0.15, 0.2) is 0 Å². The highest BCUT2D eigenvalue weighted by atomic mass is 16.3. The number of rotatable bonds is 5. The molecule has 0 saturated heterocycles. The van der Waals surface area contributed by atoms with Gasteiger partial charge in [0.2, 0.25) is 0 Å². The third kappa shape index (κ3) is 4.23. The minimum absolute atomic E-state index is 0.0544. The van der Waals surface area contributed by atoms with Gasteiger partial charge < -0.3 is 15.1 Å². The van der Waals surface area contributed by atoms with Gasteiger partial charge in [-0.25, -0.2) is 0 Å². The van der Waals surface area contributed by atoms with Gasteiger partial charge in [0.25, 0.3) is 0 Å². The van der Waals surface area contributed by atoms with Crippen molar-refractivity contribution in [2.45, 2.75) is 59.2 Å². The van der Waals surface area contributed by atoms with Gasteiger partial charge in [0.15, 0.2) is 0 Å². The molecule has 3 nitrogen and oxygen atoms in total. The number of hydrogen-bond donors (Lipinski definition) is 2. The molecule has 3 heteroatoms. The van der Waals surface area contributed by atoms with Gasteiger partial charge in [-0.1, -0.05) is 20.8 Å². The number of aliphatic hydroxyl groups excluding tert-OH is 1. The normalized spacial score (nSPS) is 28.9. The molecule has 2 N–H and O–H groups in total. The van der Waals surface area contributed by atoms with Gasteiger partial charge in [0.1, 0.15) is 0 Å². The van der Waals surface area contributed by atoms with Crippen LogP contribution in [0, 0.1) is 11.3 Å². The van der Waals surface area contributed by atoms with Crippen LogP contribution in [-0.2, 0) is 0 Å². The van der Waals surface area contributed by atoms with E-state index in [1.165, 1.54) is 0 Å². The van der Waals surface area contributed by atoms with Crippen molar-refractivity contribution in [1.82, 2.24) is 4.90 Å².